The molecule has 0 aliphatic heterocycles. The predicted octanol–water partition coefficient (Wildman–Crippen LogP) is 3.72. The Morgan fingerprint density at radius 2 is 1.94 bits per heavy atom. The van der Waals surface area contributed by atoms with Crippen LogP contribution in [0, 0.1) is 0 Å². The lowest BCUT2D eigenvalue weighted by atomic mass is 10.2. The highest BCUT2D eigenvalue weighted by molar-refractivity contribution is 6.42. The lowest BCUT2D eigenvalue weighted by Crippen LogP contribution is -2.17. The van der Waals surface area contributed by atoms with Crippen molar-refractivity contribution in [2.45, 2.75) is 13.0 Å². The Labute approximate surface area is 117 Å². The van der Waals surface area contributed by atoms with Crippen LogP contribution in [0.15, 0.2) is 42.6 Å². The largest absolute Gasteiger partial charge is 0.312 e. The van der Waals surface area contributed by atoms with Gasteiger partial charge in [0.1, 0.15) is 0 Å². The number of hydrogen-bond acceptors (Lipinski definition) is 2. The fourth-order valence-electron chi connectivity index (χ4n) is 1.67. The first-order valence-corrected chi connectivity index (χ1v) is 6.56. The second-order valence-electron chi connectivity index (χ2n) is 3.96. The molecule has 0 atom stereocenters. The molecule has 1 aromatic heterocycles. The average molecular weight is 281 g/mol. The number of rotatable bonds is 5. The molecular formula is C14H14Cl2N2. The molecule has 1 N–H and O–H groups in total. The monoisotopic (exact) mass is 280 g/mol. The predicted molar refractivity (Wildman–Crippen MR) is 76.1 cm³/mol. The zero-order valence-corrected chi connectivity index (χ0v) is 11.4. The van der Waals surface area contributed by atoms with E-state index in [9.17, 15) is 0 Å². The van der Waals surface area contributed by atoms with Gasteiger partial charge in [0, 0.05) is 31.4 Å². The Bertz CT molecular complexity index is 500. The summed E-state index contributed by atoms with van der Waals surface area (Å²) in [6.07, 6.45) is 2.71. The number of pyridine rings is 1. The lowest BCUT2D eigenvalue weighted by molar-refractivity contribution is 0.680. The molecule has 0 aliphatic rings. The summed E-state index contributed by atoms with van der Waals surface area (Å²) in [5.41, 5.74) is 2.10. The second kappa shape index (κ2) is 6.74. The van der Waals surface area contributed by atoms with Gasteiger partial charge in [-0.1, -0.05) is 41.4 Å². The first-order valence-electron chi connectivity index (χ1n) is 5.81. The molecule has 0 saturated heterocycles. The van der Waals surface area contributed by atoms with E-state index in [4.69, 9.17) is 23.2 Å². The van der Waals surface area contributed by atoms with E-state index in [0.29, 0.717) is 16.6 Å². The number of nitrogens with zero attached hydrogens (tertiary/aromatic N) is 1. The summed E-state index contributed by atoms with van der Waals surface area (Å²) < 4.78 is 0. The zero-order valence-electron chi connectivity index (χ0n) is 9.87. The summed E-state index contributed by atoms with van der Waals surface area (Å²) in [7, 11) is 0. The number of aromatic nitrogens is 1. The Kier molecular flexibility index (Phi) is 5.00. The van der Waals surface area contributed by atoms with Crippen LogP contribution in [0.4, 0.5) is 0 Å². The molecule has 0 spiro atoms. The molecule has 1 heterocycles. The van der Waals surface area contributed by atoms with Gasteiger partial charge in [0.05, 0.1) is 10.0 Å². The minimum absolute atomic E-state index is 0.598. The van der Waals surface area contributed by atoms with Crippen molar-refractivity contribution in [3.05, 3.63) is 63.9 Å². The molecule has 0 radical (unpaired) electrons. The molecule has 2 rings (SSSR count). The molecule has 0 amide bonds. The smallest absolute Gasteiger partial charge is 0.0637 e. The van der Waals surface area contributed by atoms with E-state index in [0.717, 1.165) is 24.2 Å². The van der Waals surface area contributed by atoms with Gasteiger partial charge in [-0.2, -0.15) is 0 Å². The third kappa shape index (κ3) is 3.70. The molecule has 0 fully saturated rings. The molecule has 2 aromatic rings. The summed E-state index contributed by atoms with van der Waals surface area (Å²) in [5.74, 6) is 0. The van der Waals surface area contributed by atoms with E-state index in [1.54, 1.807) is 6.07 Å². The maximum absolute atomic E-state index is 6.10. The van der Waals surface area contributed by atoms with Gasteiger partial charge >= 0.3 is 0 Å². The summed E-state index contributed by atoms with van der Waals surface area (Å²) in [4.78, 5) is 4.27. The molecule has 0 saturated carbocycles. The summed E-state index contributed by atoms with van der Waals surface area (Å²) in [5, 5.41) is 4.56. The van der Waals surface area contributed by atoms with Crippen molar-refractivity contribution in [1.29, 1.82) is 0 Å². The standard InChI is InChI=1S/C14H14Cl2N2/c15-13-6-3-4-11(14(13)16)10-17-9-7-12-5-1-2-8-18-12/h1-6,8,17H,7,9-10H2. The molecule has 2 nitrogen and oxygen atoms in total. The molecule has 0 bridgehead atoms. The van der Waals surface area contributed by atoms with Crippen LogP contribution in [0.1, 0.15) is 11.3 Å². The number of benzene rings is 1. The van der Waals surface area contributed by atoms with Crippen molar-refractivity contribution in [1.82, 2.24) is 10.3 Å². The SMILES string of the molecule is Clc1cccc(CNCCc2ccccn2)c1Cl. The van der Waals surface area contributed by atoms with Crippen LogP contribution in [0.5, 0.6) is 0 Å². The molecular weight excluding hydrogens is 267 g/mol. The van der Waals surface area contributed by atoms with Gasteiger partial charge < -0.3 is 5.32 Å². The van der Waals surface area contributed by atoms with Gasteiger partial charge in [0.25, 0.3) is 0 Å². The highest BCUT2D eigenvalue weighted by Gasteiger charge is 2.03. The van der Waals surface area contributed by atoms with Gasteiger partial charge in [-0.3, -0.25) is 4.98 Å². The van der Waals surface area contributed by atoms with Gasteiger partial charge in [0.15, 0.2) is 0 Å². The third-order valence-corrected chi connectivity index (χ3v) is 3.49. The molecule has 1 aromatic carbocycles. The van der Waals surface area contributed by atoms with Crippen LogP contribution in [-0.2, 0) is 13.0 Å². The highest BCUT2D eigenvalue weighted by atomic mass is 35.5. The minimum atomic E-state index is 0.598. The van der Waals surface area contributed by atoms with E-state index < -0.39 is 0 Å². The second-order valence-corrected chi connectivity index (χ2v) is 4.75. The van der Waals surface area contributed by atoms with Crippen LogP contribution >= 0.6 is 23.2 Å². The Morgan fingerprint density at radius 3 is 2.72 bits per heavy atom. The minimum Gasteiger partial charge on any atom is -0.312 e. The molecule has 0 unspecified atom stereocenters. The Hall–Kier alpha value is -1.09. The number of nitrogens with one attached hydrogen (secondary N) is 1. The molecule has 4 heteroatoms. The van der Waals surface area contributed by atoms with Crippen molar-refractivity contribution in [3.8, 4) is 0 Å². The Morgan fingerprint density at radius 1 is 1.06 bits per heavy atom. The van der Waals surface area contributed by atoms with Crippen LogP contribution in [-0.4, -0.2) is 11.5 Å². The van der Waals surface area contributed by atoms with Gasteiger partial charge in [0.2, 0.25) is 0 Å². The van der Waals surface area contributed by atoms with Gasteiger partial charge in [-0.25, -0.2) is 0 Å². The van der Waals surface area contributed by atoms with Gasteiger partial charge in [-0.05, 0) is 23.8 Å². The van der Waals surface area contributed by atoms with E-state index in [1.165, 1.54) is 0 Å². The average Bonchev–Trinajstić information content (AvgIpc) is 2.40. The first kappa shape index (κ1) is 13.3. The van der Waals surface area contributed by atoms with Crippen molar-refractivity contribution in [2.75, 3.05) is 6.54 Å². The van der Waals surface area contributed by atoms with E-state index in [1.807, 2.05) is 36.5 Å². The summed E-state index contributed by atoms with van der Waals surface area (Å²) in [6, 6.07) is 11.6. The van der Waals surface area contributed by atoms with Crippen LogP contribution in [0.2, 0.25) is 10.0 Å². The molecule has 0 aliphatic carbocycles. The topological polar surface area (TPSA) is 24.9 Å². The van der Waals surface area contributed by atoms with E-state index >= 15 is 0 Å². The quantitative estimate of drug-likeness (QED) is 0.845. The summed E-state index contributed by atoms with van der Waals surface area (Å²) >= 11 is 12.1. The Balaban J connectivity index is 1.81. The van der Waals surface area contributed by atoms with Gasteiger partial charge in [-0.15, -0.1) is 0 Å². The number of halogens is 2. The van der Waals surface area contributed by atoms with Crippen molar-refractivity contribution < 1.29 is 0 Å². The summed E-state index contributed by atoms with van der Waals surface area (Å²) in [6.45, 7) is 1.58. The molecule has 18 heavy (non-hydrogen) atoms. The zero-order chi connectivity index (χ0) is 12.8. The normalized spacial score (nSPS) is 10.6. The van der Waals surface area contributed by atoms with Crippen LogP contribution in [0.25, 0.3) is 0 Å². The lowest BCUT2D eigenvalue weighted by Gasteiger charge is -2.07. The number of hydrogen-bond donors (Lipinski definition) is 1. The van der Waals surface area contributed by atoms with Crippen LogP contribution < -0.4 is 5.32 Å². The molecule has 94 valence electrons. The highest BCUT2D eigenvalue weighted by Crippen LogP contribution is 2.25. The van der Waals surface area contributed by atoms with Crippen molar-refractivity contribution in [3.63, 3.8) is 0 Å². The van der Waals surface area contributed by atoms with E-state index in [2.05, 4.69) is 10.3 Å². The van der Waals surface area contributed by atoms with E-state index in [-0.39, 0.29) is 0 Å². The van der Waals surface area contributed by atoms with Crippen LogP contribution in [0.3, 0.4) is 0 Å². The van der Waals surface area contributed by atoms with Crippen molar-refractivity contribution in [2.24, 2.45) is 0 Å². The maximum Gasteiger partial charge on any atom is 0.0637 e. The fourth-order valence-corrected chi connectivity index (χ4v) is 2.06. The fraction of sp³-hybridized carbons (Fsp3) is 0.214. The maximum atomic E-state index is 6.10. The van der Waals surface area contributed by atoms with Crippen molar-refractivity contribution >= 4 is 23.2 Å². The third-order valence-electron chi connectivity index (χ3n) is 2.63. The first-order chi connectivity index (χ1) is 8.77.